The van der Waals surface area contributed by atoms with Gasteiger partial charge in [-0.3, -0.25) is 0 Å². The molecule has 0 fully saturated rings. The van der Waals surface area contributed by atoms with E-state index in [1.807, 2.05) is 0 Å². The second kappa shape index (κ2) is 7.74. The molecule has 1 unspecified atom stereocenters. The summed E-state index contributed by atoms with van der Waals surface area (Å²) < 4.78 is 0. The van der Waals surface area contributed by atoms with Crippen molar-refractivity contribution in [3.05, 3.63) is 22.9 Å². The Morgan fingerprint density at radius 1 is 1.33 bits per heavy atom. The minimum Gasteiger partial charge on any atom is -0.389 e. The fourth-order valence-corrected chi connectivity index (χ4v) is 3.21. The number of aromatic nitrogens is 1. The molecule has 0 amide bonds. The lowest BCUT2D eigenvalue weighted by Crippen LogP contribution is -2.23. The lowest BCUT2D eigenvalue weighted by molar-refractivity contribution is 0.562. The Hall–Kier alpha value is -1.16. The van der Waals surface area contributed by atoms with E-state index in [0.29, 0.717) is 11.0 Å². The third kappa shape index (κ3) is 4.16. The highest BCUT2D eigenvalue weighted by Crippen LogP contribution is 2.26. The molecule has 2 rings (SSSR count). The summed E-state index contributed by atoms with van der Waals surface area (Å²) in [6, 6.07) is 2.62. The van der Waals surface area contributed by atoms with Crippen molar-refractivity contribution < 1.29 is 0 Å². The first kappa shape index (κ1) is 16.2. The molecule has 1 aromatic rings. The monoisotopic (exact) mass is 305 g/mol. The summed E-state index contributed by atoms with van der Waals surface area (Å²) in [5.41, 5.74) is 9.38. The van der Waals surface area contributed by atoms with Crippen molar-refractivity contribution in [3.63, 3.8) is 0 Å². The lowest BCUT2D eigenvalue weighted by atomic mass is 10.0. The zero-order valence-corrected chi connectivity index (χ0v) is 14.1. The van der Waals surface area contributed by atoms with Gasteiger partial charge in [0.05, 0.1) is 5.56 Å². The summed E-state index contributed by atoms with van der Waals surface area (Å²) in [4.78, 5) is 5.28. The lowest BCUT2D eigenvalue weighted by Gasteiger charge is -2.21. The van der Waals surface area contributed by atoms with E-state index in [0.717, 1.165) is 30.6 Å². The van der Waals surface area contributed by atoms with Crippen LogP contribution in [0.1, 0.15) is 69.2 Å². The molecule has 0 radical (unpaired) electrons. The number of nitrogens with one attached hydrogen (secondary N) is 1. The summed E-state index contributed by atoms with van der Waals surface area (Å²) in [5.74, 6) is 0.901. The van der Waals surface area contributed by atoms with Crippen molar-refractivity contribution in [2.24, 2.45) is 5.73 Å². The number of hydrogen-bond acceptors (Lipinski definition) is 3. The Morgan fingerprint density at radius 2 is 2.14 bits per heavy atom. The first-order chi connectivity index (χ1) is 10.2. The maximum atomic E-state index is 5.91. The van der Waals surface area contributed by atoms with Crippen molar-refractivity contribution in [2.75, 3.05) is 5.32 Å². The zero-order chi connectivity index (χ0) is 15.2. The molecule has 0 aliphatic heterocycles. The van der Waals surface area contributed by atoms with Gasteiger partial charge in [-0.15, -0.1) is 0 Å². The van der Waals surface area contributed by atoms with E-state index in [2.05, 4.69) is 25.2 Å². The van der Waals surface area contributed by atoms with E-state index in [-0.39, 0.29) is 0 Å². The van der Waals surface area contributed by atoms with Gasteiger partial charge in [0.1, 0.15) is 10.8 Å². The molecule has 0 saturated carbocycles. The van der Waals surface area contributed by atoms with Crippen molar-refractivity contribution >= 4 is 23.0 Å². The molecule has 1 aromatic heterocycles. The normalized spacial score (nSPS) is 14.8. The van der Waals surface area contributed by atoms with Crippen LogP contribution in [0.2, 0.25) is 0 Å². The quantitative estimate of drug-likeness (QED) is 0.713. The molecule has 0 bridgehead atoms. The largest absolute Gasteiger partial charge is 0.389 e. The van der Waals surface area contributed by atoms with Gasteiger partial charge >= 0.3 is 0 Å². The van der Waals surface area contributed by atoms with Gasteiger partial charge < -0.3 is 11.1 Å². The molecule has 116 valence electrons. The number of aryl methyl sites for hydroxylation is 2. The number of anilines is 1. The predicted molar refractivity (Wildman–Crippen MR) is 94.0 cm³/mol. The molecule has 3 N–H and O–H groups in total. The summed E-state index contributed by atoms with van der Waals surface area (Å²) >= 11 is 5.22. The minimum atomic E-state index is 0.449. The SMILES string of the molecule is CCCCC(CCC)Nc1nc2c(cc1C(N)=S)CCC2. The van der Waals surface area contributed by atoms with Crippen LogP contribution in [0.15, 0.2) is 6.07 Å². The first-order valence-corrected chi connectivity index (χ1v) is 8.65. The molecular weight excluding hydrogens is 278 g/mol. The topological polar surface area (TPSA) is 50.9 Å². The van der Waals surface area contributed by atoms with Gasteiger partial charge in [0.2, 0.25) is 0 Å². The maximum Gasteiger partial charge on any atom is 0.136 e. The van der Waals surface area contributed by atoms with Crippen molar-refractivity contribution in [2.45, 2.75) is 71.3 Å². The van der Waals surface area contributed by atoms with Gasteiger partial charge in [0.25, 0.3) is 0 Å². The fraction of sp³-hybridized carbons (Fsp3) is 0.647. The number of fused-ring (bicyclic) bond motifs is 1. The minimum absolute atomic E-state index is 0.449. The predicted octanol–water partition coefficient (Wildman–Crippen LogP) is 3.98. The molecule has 0 aromatic carbocycles. The number of hydrogen-bond donors (Lipinski definition) is 2. The molecule has 1 heterocycles. The average molecular weight is 305 g/mol. The molecule has 1 aliphatic carbocycles. The molecule has 0 saturated heterocycles. The number of unbranched alkanes of at least 4 members (excludes halogenated alkanes) is 1. The Bertz CT molecular complexity index is 499. The number of nitrogens with zero attached hydrogens (tertiary/aromatic N) is 1. The third-order valence-corrected chi connectivity index (χ3v) is 4.42. The number of pyridine rings is 1. The van der Waals surface area contributed by atoms with Crippen LogP contribution in [0.4, 0.5) is 5.82 Å². The van der Waals surface area contributed by atoms with Crippen LogP contribution in [-0.4, -0.2) is 16.0 Å². The van der Waals surface area contributed by atoms with E-state index in [1.54, 1.807) is 0 Å². The van der Waals surface area contributed by atoms with Crippen LogP contribution >= 0.6 is 12.2 Å². The van der Waals surface area contributed by atoms with Crippen LogP contribution < -0.4 is 11.1 Å². The van der Waals surface area contributed by atoms with E-state index in [4.69, 9.17) is 22.9 Å². The molecule has 3 nitrogen and oxygen atoms in total. The summed E-state index contributed by atoms with van der Waals surface area (Å²) in [6.07, 6.45) is 9.36. The molecule has 21 heavy (non-hydrogen) atoms. The van der Waals surface area contributed by atoms with Gasteiger partial charge in [0.15, 0.2) is 0 Å². The Kier molecular flexibility index (Phi) is 5.97. The van der Waals surface area contributed by atoms with E-state index >= 15 is 0 Å². The Morgan fingerprint density at radius 3 is 2.81 bits per heavy atom. The highest BCUT2D eigenvalue weighted by molar-refractivity contribution is 7.80. The maximum absolute atomic E-state index is 5.91. The fourth-order valence-electron chi connectivity index (χ4n) is 3.05. The number of thiocarbonyl (C=S) groups is 1. The van der Waals surface area contributed by atoms with Gasteiger partial charge in [-0.05, 0) is 43.7 Å². The third-order valence-electron chi connectivity index (χ3n) is 4.20. The van der Waals surface area contributed by atoms with Crippen LogP contribution in [0, 0.1) is 0 Å². The first-order valence-electron chi connectivity index (χ1n) is 8.24. The van der Waals surface area contributed by atoms with E-state index < -0.39 is 0 Å². The van der Waals surface area contributed by atoms with Gasteiger partial charge in [-0.2, -0.15) is 0 Å². The molecule has 0 spiro atoms. The smallest absolute Gasteiger partial charge is 0.136 e. The second-order valence-electron chi connectivity index (χ2n) is 5.98. The summed E-state index contributed by atoms with van der Waals surface area (Å²) in [6.45, 7) is 4.46. The van der Waals surface area contributed by atoms with Gasteiger partial charge in [-0.1, -0.05) is 45.3 Å². The van der Waals surface area contributed by atoms with Crippen LogP contribution in [-0.2, 0) is 12.8 Å². The Balaban J connectivity index is 2.22. The average Bonchev–Trinajstić information content (AvgIpc) is 2.91. The standard InChI is InChI=1S/C17H27N3S/c1-3-5-9-13(7-4-2)19-17-14(16(18)21)11-12-8-6-10-15(12)20-17/h11,13H,3-10H2,1-2H3,(H2,18,21)(H,19,20). The van der Waals surface area contributed by atoms with Crippen molar-refractivity contribution in [1.82, 2.24) is 4.98 Å². The Labute approximate surface area is 133 Å². The van der Waals surface area contributed by atoms with Crippen molar-refractivity contribution in [3.8, 4) is 0 Å². The van der Waals surface area contributed by atoms with Gasteiger partial charge in [0, 0.05) is 11.7 Å². The number of rotatable bonds is 8. The summed E-state index contributed by atoms with van der Waals surface area (Å²) in [5, 5.41) is 3.62. The summed E-state index contributed by atoms with van der Waals surface area (Å²) in [7, 11) is 0. The molecule has 1 atom stereocenters. The highest BCUT2D eigenvalue weighted by atomic mass is 32.1. The second-order valence-corrected chi connectivity index (χ2v) is 6.42. The zero-order valence-electron chi connectivity index (χ0n) is 13.2. The molecular formula is C17H27N3S. The van der Waals surface area contributed by atoms with Crippen LogP contribution in [0.25, 0.3) is 0 Å². The van der Waals surface area contributed by atoms with Gasteiger partial charge in [-0.25, -0.2) is 4.98 Å². The number of nitrogens with two attached hydrogens (primary N) is 1. The molecule has 1 aliphatic rings. The van der Waals surface area contributed by atoms with Crippen LogP contribution in [0.5, 0.6) is 0 Å². The van der Waals surface area contributed by atoms with E-state index in [9.17, 15) is 0 Å². The van der Waals surface area contributed by atoms with E-state index in [1.165, 1.54) is 43.4 Å². The molecule has 4 heteroatoms. The van der Waals surface area contributed by atoms with Crippen molar-refractivity contribution in [1.29, 1.82) is 0 Å². The van der Waals surface area contributed by atoms with Crippen LogP contribution in [0.3, 0.4) is 0 Å². The highest BCUT2D eigenvalue weighted by Gasteiger charge is 2.19.